The highest BCUT2D eigenvalue weighted by molar-refractivity contribution is 5.96. The van der Waals surface area contributed by atoms with Crippen LogP contribution in [0.3, 0.4) is 0 Å². The van der Waals surface area contributed by atoms with Gasteiger partial charge in [-0.25, -0.2) is 0 Å². The molecular formula is C16H15N3O7. The summed E-state index contributed by atoms with van der Waals surface area (Å²) in [5, 5.41) is 20.0. The van der Waals surface area contributed by atoms with Crippen molar-refractivity contribution in [2.45, 2.75) is 18.6 Å². The third-order valence-corrected chi connectivity index (χ3v) is 4.54. The summed E-state index contributed by atoms with van der Waals surface area (Å²) in [5.74, 6) is -4.61. The number of fused-ring (bicyclic) bond motifs is 2. The van der Waals surface area contributed by atoms with Crippen LogP contribution in [0.2, 0.25) is 0 Å². The van der Waals surface area contributed by atoms with Crippen LogP contribution in [0.25, 0.3) is 0 Å². The average Bonchev–Trinajstić information content (AvgIpc) is 3.12. The number of nitro benzene ring substituents is 1. The molecule has 10 nitrogen and oxygen atoms in total. The Balaban J connectivity index is 1.66. The number of carboxylic acid groups (broad SMARTS) is 1. The molecule has 10 heteroatoms. The molecule has 4 atom stereocenters. The smallest absolute Gasteiger partial charge is 0.310 e. The molecule has 3 rings (SSSR count). The fourth-order valence-electron chi connectivity index (χ4n) is 3.28. The Morgan fingerprint density at radius 3 is 2.46 bits per heavy atom. The number of rotatable bonds is 4. The molecule has 1 saturated heterocycles. The van der Waals surface area contributed by atoms with Crippen LogP contribution in [0.1, 0.15) is 17.3 Å². The number of hydrogen-bond donors (Lipinski definition) is 3. The Hall–Kier alpha value is -3.27. The number of nitrogens with zero attached hydrogens (tertiary/aromatic N) is 1. The number of nitro groups is 1. The lowest BCUT2D eigenvalue weighted by molar-refractivity contribution is -0.384. The first kappa shape index (κ1) is 17.5. The Morgan fingerprint density at radius 2 is 1.88 bits per heavy atom. The van der Waals surface area contributed by atoms with Crippen LogP contribution in [-0.2, 0) is 14.3 Å². The van der Waals surface area contributed by atoms with E-state index in [0.29, 0.717) is 0 Å². The highest BCUT2D eigenvalue weighted by Crippen LogP contribution is 2.46. The van der Waals surface area contributed by atoms with Gasteiger partial charge in [-0.05, 0) is 19.1 Å². The van der Waals surface area contributed by atoms with Crippen LogP contribution in [0.4, 0.5) is 5.69 Å². The third kappa shape index (κ3) is 2.90. The van der Waals surface area contributed by atoms with Gasteiger partial charge < -0.3 is 9.84 Å². The van der Waals surface area contributed by atoms with E-state index in [4.69, 9.17) is 4.74 Å². The highest BCUT2D eigenvalue weighted by Gasteiger charge is 2.59. The van der Waals surface area contributed by atoms with E-state index in [1.165, 1.54) is 12.1 Å². The van der Waals surface area contributed by atoms with Crippen molar-refractivity contribution < 1.29 is 29.2 Å². The van der Waals surface area contributed by atoms with Gasteiger partial charge in [0.05, 0.1) is 22.5 Å². The van der Waals surface area contributed by atoms with Crippen LogP contribution in [0.15, 0.2) is 36.4 Å². The molecule has 0 aliphatic carbocycles. The van der Waals surface area contributed by atoms with E-state index in [2.05, 4.69) is 10.9 Å². The fourth-order valence-corrected chi connectivity index (χ4v) is 3.28. The van der Waals surface area contributed by atoms with Gasteiger partial charge in [0.1, 0.15) is 5.92 Å². The third-order valence-electron chi connectivity index (χ3n) is 4.54. The van der Waals surface area contributed by atoms with Gasteiger partial charge in [-0.15, -0.1) is 0 Å². The summed E-state index contributed by atoms with van der Waals surface area (Å²) >= 11 is 0. The zero-order chi connectivity index (χ0) is 19.1. The van der Waals surface area contributed by atoms with Gasteiger partial charge in [0.15, 0.2) is 0 Å². The minimum absolute atomic E-state index is 0.0981. The number of aliphatic carboxylic acids is 1. The lowest BCUT2D eigenvalue weighted by Gasteiger charge is -2.27. The van der Waals surface area contributed by atoms with Crippen LogP contribution in [0.5, 0.6) is 0 Å². The number of benzene rings is 1. The van der Waals surface area contributed by atoms with E-state index in [9.17, 15) is 29.6 Å². The standard InChI is InChI=1S/C16H15N3O7/c1-16-7-6-10(26-16)11(15(22)23)12(16)14(21)18-17-13(20)8-2-4-9(5-3-8)19(24)25/h2-7,10-12H,1H3,(H,17,20)(H,18,21)(H,22,23)/t10-,11-,12-,16+/m1/s1. The minimum atomic E-state index is -1.16. The van der Waals surface area contributed by atoms with Crippen LogP contribution >= 0.6 is 0 Å². The summed E-state index contributed by atoms with van der Waals surface area (Å²) in [6.07, 6.45) is 2.55. The zero-order valence-electron chi connectivity index (χ0n) is 13.5. The summed E-state index contributed by atoms with van der Waals surface area (Å²) in [6, 6.07) is 4.80. The van der Waals surface area contributed by atoms with Gasteiger partial charge in [-0.1, -0.05) is 12.2 Å². The number of nitrogens with one attached hydrogen (secondary N) is 2. The van der Waals surface area contributed by atoms with E-state index in [0.717, 1.165) is 12.1 Å². The maximum atomic E-state index is 12.4. The topological polar surface area (TPSA) is 148 Å². The fraction of sp³-hybridized carbons (Fsp3) is 0.312. The molecule has 0 aromatic heterocycles. The maximum absolute atomic E-state index is 12.4. The van der Waals surface area contributed by atoms with Gasteiger partial charge in [0.25, 0.3) is 11.6 Å². The molecule has 0 radical (unpaired) electrons. The molecule has 2 aliphatic heterocycles. The molecule has 2 bridgehead atoms. The number of carbonyl (C=O) groups is 3. The van der Waals surface area contributed by atoms with Crippen LogP contribution in [-0.4, -0.2) is 39.5 Å². The minimum Gasteiger partial charge on any atom is -0.481 e. The maximum Gasteiger partial charge on any atom is 0.310 e. The monoisotopic (exact) mass is 361 g/mol. The molecule has 0 saturated carbocycles. The lowest BCUT2D eigenvalue weighted by Crippen LogP contribution is -2.52. The first-order valence-corrected chi connectivity index (χ1v) is 7.67. The Morgan fingerprint density at radius 1 is 1.23 bits per heavy atom. The molecule has 3 N–H and O–H groups in total. The molecule has 0 spiro atoms. The predicted molar refractivity (Wildman–Crippen MR) is 85.7 cm³/mol. The molecule has 1 aromatic rings. The van der Waals surface area contributed by atoms with E-state index in [1.807, 2.05) is 0 Å². The second-order valence-corrected chi connectivity index (χ2v) is 6.21. The number of hydrazine groups is 1. The second-order valence-electron chi connectivity index (χ2n) is 6.21. The summed E-state index contributed by atoms with van der Waals surface area (Å²) in [4.78, 5) is 46.0. The first-order valence-electron chi connectivity index (χ1n) is 7.67. The molecule has 2 amide bonds. The molecule has 2 heterocycles. The average molecular weight is 361 g/mol. The van der Waals surface area contributed by atoms with Gasteiger partial charge in [-0.3, -0.25) is 35.3 Å². The Labute approximate surface area is 146 Å². The summed E-state index contributed by atoms with van der Waals surface area (Å²) < 4.78 is 5.57. The molecule has 26 heavy (non-hydrogen) atoms. The quantitative estimate of drug-likeness (QED) is 0.399. The van der Waals surface area contributed by atoms with Crippen molar-refractivity contribution in [2.24, 2.45) is 11.8 Å². The van der Waals surface area contributed by atoms with Gasteiger partial charge in [0, 0.05) is 17.7 Å². The van der Waals surface area contributed by atoms with Crippen molar-refractivity contribution in [3.8, 4) is 0 Å². The number of non-ortho nitro benzene ring substituents is 1. The van der Waals surface area contributed by atoms with E-state index < -0.39 is 46.2 Å². The second kappa shape index (κ2) is 6.23. The van der Waals surface area contributed by atoms with Crippen LogP contribution in [0, 0.1) is 22.0 Å². The number of carbonyl (C=O) groups excluding carboxylic acids is 2. The van der Waals surface area contributed by atoms with Crippen molar-refractivity contribution in [3.05, 3.63) is 52.1 Å². The number of ether oxygens (including phenoxy) is 1. The molecular weight excluding hydrogens is 346 g/mol. The number of carboxylic acids is 1. The van der Waals surface area contributed by atoms with Crippen LogP contribution < -0.4 is 10.9 Å². The molecule has 2 aliphatic rings. The van der Waals surface area contributed by atoms with Crippen molar-refractivity contribution in [1.82, 2.24) is 10.9 Å². The molecule has 1 aromatic carbocycles. The van der Waals surface area contributed by atoms with Gasteiger partial charge in [-0.2, -0.15) is 0 Å². The summed E-state index contributed by atoms with van der Waals surface area (Å²) in [6.45, 7) is 1.61. The normalized spacial score (nSPS) is 28.6. The zero-order valence-corrected chi connectivity index (χ0v) is 13.5. The van der Waals surface area contributed by atoms with Gasteiger partial charge in [0.2, 0.25) is 5.91 Å². The van der Waals surface area contributed by atoms with Crippen molar-refractivity contribution in [3.63, 3.8) is 0 Å². The SMILES string of the molecule is C[C@@]12C=C[C@@H](O1)[C@@H](C(=O)O)[C@@H]2C(=O)NNC(=O)c1ccc([N+](=O)[O-])cc1. The molecule has 1 fully saturated rings. The summed E-state index contributed by atoms with van der Waals surface area (Å²) in [7, 11) is 0. The Kier molecular flexibility index (Phi) is 4.20. The van der Waals surface area contributed by atoms with Crippen molar-refractivity contribution >= 4 is 23.5 Å². The largest absolute Gasteiger partial charge is 0.481 e. The van der Waals surface area contributed by atoms with Crippen molar-refractivity contribution in [1.29, 1.82) is 0 Å². The first-order chi connectivity index (χ1) is 12.2. The lowest BCUT2D eigenvalue weighted by atomic mass is 9.76. The number of amides is 2. The van der Waals surface area contributed by atoms with Gasteiger partial charge >= 0.3 is 5.97 Å². The summed E-state index contributed by atoms with van der Waals surface area (Å²) in [5.41, 5.74) is 3.25. The van der Waals surface area contributed by atoms with E-state index in [-0.39, 0.29) is 11.3 Å². The highest BCUT2D eigenvalue weighted by atomic mass is 16.6. The van der Waals surface area contributed by atoms with E-state index >= 15 is 0 Å². The predicted octanol–water partition coefficient (Wildman–Crippen LogP) is 0.400. The Bertz CT molecular complexity index is 820. The molecule has 136 valence electrons. The number of hydrogen-bond acceptors (Lipinski definition) is 6. The van der Waals surface area contributed by atoms with E-state index in [1.54, 1.807) is 19.1 Å². The van der Waals surface area contributed by atoms with Crippen molar-refractivity contribution in [2.75, 3.05) is 0 Å². The molecule has 0 unspecified atom stereocenters.